The van der Waals surface area contributed by atoms with Crippen LogP contribution in [0.3, 0.4) is 0 Å². The van der Waals surface area contributed by atoms with Gasteiger partial charge in [-0.3, -0.25) is 9.78 Å². The molecule has 0 spiro atoms. The zero-order valence-corrected chi connectivity index (χ0v) is 18.3. The van der Waals surface area contributed by atoms with Crippen LogP contribution in [-0.4, -0.2) is 59.8 Å². The highest BCUT2D eigenvalue weighted by Crippen LogP contribution is 2.23. The summed E-state index contributed by atoms with van der Waals surface area (Å²) < 4.78 is 6.96. The Kier molecular flexibility index (Phi) is 6.61. The van der Waals surface area contributed by atoms with E-state index in [1.165, 1.54) is 0 Å². The van der Waals surface area contributed by atoms with Crippen LogP contribution >= 0.6 is 0 Å². The molecule has 0 aliphatic heterocycles. The molecule has 172 valence electrons. The molecule has 0 saturated heterocycles. The predicted octanol–water partition coefficient (Wildman–Crippen LogP) is 1.85. The maximum absolute atomic E-state index is 11.9. The number of aliphatic hydroxyl groups is 2. The number of furan rings is 1. The molecule has 11 heteroatoms. The van der Waals surface area contributed by atoms with Crippen molar-refractivity contribution in [3.63, 3.8) is 0 Å². The number of carbonyl (C=O) groups is 1. The molecule has 0 saturated carbocycles. The summed E-state index contributed by atoms with van der Waals surface area (Å²) in [5.74, 6) is 0.827. The second kappa shape index (κ2) is 9.76. The van der Waals surface area contributed by atoms with Crippen LogP contribution in [0.1, 0.15) is 30.9 Å². The van der Waals surface area contributed by atoms with Crippen molar-refractivity contribution >= 4 is 23.3 Å². The fraction of sp³-hybridized carbons (Fsp3) is 0.318. The predicted molar refractivity (Wildman–Crippen MR) is 121 cm³/mol. The Balaban J connectivity index is 1.60. The second-order valence-electron chi connectivity index (χ2n) is 7.75. The molecule has 4 aromatic heterocycles. The first kappa shape index (κ1) is 22.4. The van der Waals surface area contributed by atoms with Crippen LogP contribution < -0.4 is 10.6 Å². The highest BCUT2D eigenvalue weighted by Gasteiger charge is 2.20. The van der Waals surface area contributed by atoms with E-state index in [2.05, 4.69) is 30.7 Å². The van der Waals surface area contributed by atoms with E-state index in [1.807, 2.05) is 38.1 Å². The third kappa shape index (κ3) is 4.83. The Hall–Kier alpha value is -3.83. The molecule has 0 amide bonds. The molecule has 0 aliphatic carbocycles. The van der Waals surface area contributed by atoms with Gasteiger partial charge >= 0.3 is 0 Å². The van der Waals surface area contributed by atoms with E-state index in [0.29, 0.717) is 23.9 Å². The van der Waals surface area contributed by atoms with Crippen molar-refractivity contribution in [3.05, 3.63) is 54.0 Å². The molecule has 4 N–H and O–H groups in total. The number of aliphatic hydroxyl groups excluding tert-OH is 2. The quantitative estimate of drug-likeness (QED) is 0.281. The summed E-state index contributed by atoms with van der Waals surface area (Å²) in [6, 6.07) is 6.44. The minimum Gasteiger partial charge on any atom is -0.463 e. The van der Waals surface area contributed by atoms with E-state index in [1.54, 1.807) is 23.2 Å². The van der Waals surface area contributed by atoms with E-state index in [9.17, 15) is 9.90 Å². The van der Waals surface area contributed by atoms with Gasteiger partial charge in [-0.25, -0.2) is 0 Å². The van der Waals surface area contributed by atoms with Crippen LogP contribution in [0.5, 0.6) is 0 Å². The molecule has 11 nitrogen and oxygen atoms in total. The minimum absolute atomic E-state index is 0.138. The lowest BCUT2D eigenvalue weighted by molar-refractivity contribution is -0.123. The number of pyridine rings is 1. The first-order chi connectivity index (χ1) is 16.0. The molecule has 33 heavy (non-hydrogen) atoms. The zero-order chi connectivity index (χ0) is 23.4. The summed E-state index contributed by atoms with van der Waals surface area (Å²) in [5, 5.41) is 29.1. The van der Waals surface area contributed by atoms with E-state index in [4.69, 9.17) is 9.52 Å². The summed E-state index contributed by atoms with van der Waals surface area (Å²) in [6.07, 6.45) is 5.07. The molecule has 4 aromatic rings. The molecule has 0 bridgehead atoms. The fourth-order valence-electron chi connectivity index (χ4n) is 3.25. The van der Waals surface area contributed by atoms with Crippen molar-refractivity contribution in [1.82, 2.24) is 24.6 Å². The average molecular weight is 451 g/mol. The van der Waals surface area contributed by atoms with Crippen LogP contribution in [0.2, 0.25) is 0 Å². The number of aromatic nitrogens is 5. The number of rotatable bonds is 10. The Morgan fingerprint density at radius 1 is 1.18 bits per heavy atom. The first-order valence-corrected chi connectivity index (χ1v) is 10.5. The molecule has 0 fully saturated rings. The lowest BCUT2D eigenvalue weighted by Gasteiger charge is -2.16. The maximum Gasteiger partial charge on any atom is 0.229 e. The van der Waals surface area contributed by atoms with Gasteiger partial charge < -0.3 is 25.3 Å². The van der Waals surface area contributed by atoms with Gasteiger partial charge in [-0.15, -0.1) is 0 Å². The highest BCUT2D eigenvalue weighted by molar-refractivity contribution is 5.87. The number of nitrogens with one attached hydrogen (secondary N) is 2. The van der Waals surface area contributed by atoms with Crippen molar-refractivity contribution in [2.75, 3.05) is 23.8 Å². The van der Waals surface area contributed by atoms with Crippen molar-refractivity contribution in [1.29, 1.82) is 0 Å². The van der Waals surface area contributed by atoms with Gasteiger partial charge in [0.15, 0.2) is 17.2 Å². The number of anilines is 2. The van der Waals surface area contributed by atoms with Gasteiger partial charge in [-0.1, -0.05) is 19.9 Å². The molecule has 0 aliphatic rings. The topological polar surface area (TPSA) is 151 Å². The number of hydrogen-bond acceptors (Lipinski definition) is 10. The number of carbonyl (C=O) groups excluding carboxylic acids is 1. The van der Waals surface area contributed by atoms with Crippen LogP contribution in [0.25, 0.3) is 17.1 Å². The second-order valence-corrected chi connectivity index (χ2v) is 7.75. The average Bonchev–Trinajstić information content (AvgIpc) is 3.51. The lowest BCUT2D eigenvalue weighted by Crippen LogP contribution is -2.36. The monoisotopic (exact) mass is 451 g/mol. The fourth-order valence-corrected chi connectivity index (χ4v) is 3.25. The Bertz CT molecular complexity index is 1220. The lowest BCUT2D eigenvalue weighted by atomic mass is 10.1. The molecule has 0 radical (unpaired) electrons. The van der Waals surface area contributed by atoms with Crippen molar-refractivity contribution in [2.24, 2.45) is 0 Å². The van der Waals surface area contributed by atoms with Crippen molar-refractivity contribution in [3.8, 4) is 11.5 Å². The van der Waals surface area contributed by atoms with E-state index >= 15 is 0 Å². The van der Waals surface area contributed by atoms with Crippen molar-refractivity contribution in [2.45, 2.75) is 32.4 Å². The van der Waals surface area contributed by atoms with Crippen LogP contribution in [-0.2, 0) is 11.3 Å². The standard InChI is InChI=1S/C22H25N7O4/c1-13(2)15-10-25-29-20(15)27-21(26-17(11-30)18(32)12-31)28-22(29)24-9-14-5-6-16(23-8-14)19-4-3-7-33-19/h3-8,10,13,17,30-31H,9,11-12H2,1-2H3,(H2,24,26,27,28). The van der Waals surface area contributed by atoms with Crippen LogP contribution in [0, 0.1) is 0 Å². The molecular formula is C22H25N7O4. The van der Waals surface area contributed by atoms with E-state index in [-0.39, 0.29) is 11.9 Å². The van der Waals surface area contributed by atoms with Gasteiger partial charge in [0.25, 0.3) is 0 Å². The third-order valence-corrected chi connectivity index (χ3v) is 5.10. The SMILES string of the molecule is CC(C)c1cnn2c(NCc3ccc(-c4ccco4)nc3)nc(NC(CO)C(=O)CO)nc12. The van der Waals surface area contributed by atoms with Gasteiger partial charge in [0.05, 0.1) is 19.1 Å². The van der Waals surface area contributed by atoms with E-state index in [0.717, 1.165) is 16.8 Å². The maximum atomic E-state index is 11.9. The molecular weight excluding hydrogens is 426 g/mol. The number of nitrogens with zero attached hydrogens (tertiary/aromatic N) is 5. The number of Topliss-reactive ketones (excluding diaryl/α,β-unsaturated/α-hetero) is 1. The van der Waals surface area contributed by atoms with E-state index < -0.39 is 25.0 Å². The Morgan fingerprint density at radius 2 is 2.03 bits per heavy atom. The Labute approximate surface area is 189 Å². The summed E-state index contributed by atoms with van der Waals surface area (Å²) in [6.45, 7) is 3.26. The summed E-state index contributed by atoms with van der Waals surface area (Å²) in [4.78, 5) is 25.2. The van der Waals surface area contributed by atoms with Crippen molar-refractivity contribution < 1.29 is 19.4 Å². The summed E-state index contributed by atoms with van der Waals surface area (Å²) in [5.41, 5.74) is 3.12. The Morgan fingerprint density at radius 3 is 2.67 bits per heavy atom. The normalized spacial score (nSPS) is 12.3. The first-order valence-electron chi connectivity index (χ1n) is 10.5. The summed E-state index contributed by atoms with van der Waals surface area (Å²) >= 11 is 0. The molecule has 1 atom stereocenters. The molecule has 0 aromatic carbocycles. The minimum atomic E-state index is -1.02. The molecule has 4 rings (SSSR count). The van der Waals surface area contributed by atoms with Gasteiger partial charge in [-0.05, 0) is 29.7 Å². The van der Waals surface area contributed by atoms with Gasteiger partial charge in [0.1, 0.15) is 18.3 Å². The molecule has 1 unspecified atom stereocenters. The largest absolute Gasteiger partial charge is 0.463 e. The zero-order valence-electron chi connectivity index (χ0n) is 18.3. The number of hydrogen-bond donors (Lipinski definition) is 4. The van der Waals surface area contributed by atoms with Gasteiger partial charge in [0, 0.05) is 18.3 Å². The van der Waals surface area contributed by atoms with Crippen LogP contribution in [0.15, 0.2) is 47.3 Å². The van der Waals surface area contributed by atoms with Gasteiger partial charge in [-0.2, -0.15) is 19.6 Å². The highest BCUT2D eigenvalue weighted by atomic mass is 16.3. The third-order valence-electron chi connectivity index (χ3n) is 5.10. The number of ketones is 1. The molecule has 4 heterocycles. The summed E-state index contributed by atoms with van der Waals surface area (Å²) in [7, 11) is 0. The van der Waals surface area contributed by atoms with Crippen LogP contribution in [0.4, 0.5) is 11.9 Å². The van der Waals surface area contributed by atoms with Gasteiger partial charge in [0.2, 0.25) is 11.9 Å². The smallest absolute Gasteiger partial charge is 0.229 e. The number of fused-ring (bicyclic) bond motifs is 1.